The van der Waals surface area contributed by atoms with Crippen LogP contribution in [0.1, 0.15) is 35.3 Å². The maximum Gasteiger partial charge on any atom is 0.335 e. The molecule has 0 atom stereocenters. The lowest BCUT2D eigenvalue weighted by Gasteiger charge is -2.12. The van der Waals surface area contributed by atoms with Crippen LogP contribution >= 0.6 is 22.7 Å². The van der Waals surface area contributed by atoms with Crippen LogP contribution in [0.5, 0.6) is 0 Å². The molecule has 0 radical (unpaired) electrons. The number of aromatic nitrogens is 5. The van der Waals surface area contributed by atoms with Gasteiger partial charge in [0.05, 0.1) is 33.2 Å². The molecule has 0 aliphatic heterocycles. The van der Waals surface area contributed by atoms with E-state index in [4.69, 9.17) is 0 Å². The smallest absolute Gasteiger partial charge is 0.286 e. The summed E-state index contributed by atoms with van der Waals surface area (Å²) < 4.78 is 31.7. The minimum Gasteiger partial charge on any atom is -0.286 e. The molecule has 3 aromatic heterocycles. The van der Waals surface area contributed by atoms with Gasteiger partial charge in [-0.05, 0) is 51.8 Å². The van der Waals surface area contributed by atoms with Crippen molar-refractivity contribution in [3.05, 3.63) is 49.8 Å². The maximum atomic E-state index is 13.4. The van der Waals surface area contributed by atoms with Crippen molar-refractivity contribution in [2.24, 2.45) is 0 Å². The fraction of sp³-hybridized carbons (Fsp3) is 0.368. The molecule has 0 spiro atoms. The molecule has 0 amide bonds. The average molecular weight is 477 g/mol. The van der Waals surface area contributed by atoms with Crippen molar-refractivity contribution in [1.82, 2.24) is 29.0 Å². The molecule has 162 valence electrons. The molecule has 3 heterocycles. The summed E-state index contributed by atoms with van der Waals surface area (Å²) in [5.74, 6) is 0. The molecule has 31 heavy (non-hydrogen) atoms. The monoisotopic (exact) mass is 476 g/mol. The molecule has 4 aromatic rings. The fourth-order valence-corrected chi connectivity index (χ4v) is 6.52. The first-order valence-corrected chi connectivity index (χ1v) is 12.8. The molecule has 1 aromatic carbocycles. The van der Waals surface area contributed by atoms with E-state index in [0.717, 1.165) is 28.4 Å². The van der Waals surface area contributed by atoms with Crippen molar-refractivity contribution >= 4 is 43.7 Å². The molecular formula is C19H20N6O3S3. The van der Waals surface area contributed by atoms with E-state index in [9.17, 15) is 13.2 Å². The third-order valence-corrected chi connectivity index (χ3v) is 8.80. The fourth-order valence-electron chi connectivity index (χ4n) is 3.54. The number of hydrogen-bond acceptors (Lipinski definition) is 8. The lowest BCUT2D eigenvalue weighted by atomic mass is 10.3. The zero-order valence-electron chi connectivity index (χ0n) is 17.1. The van der Waals surface area contributed by atoms with Gasteiger partial charge in [-0.15, -0.1) is 21.5 Å². The van der Waals surface area contributed by atoms with Crippen molar-refractivity contribution in [1.29, 1.82) is 0 Å². The van der Waals surface area contributed by atoms with Crippen molar-refractivity contribution in [2.75, 3.05) is 0 Å². The first-order chi connectivity index (χ1) is 14.7. The van der Waals surface area contributed by atoms with Gasteiger partial charge in [-0.2, -0.15) is 0 Å². The van der Waals surface area contributed by atoms with Gasteiger partial charge in [0.25, 0.3) is 0 Å². The van der Waals surface area contributed by atoms with Crippen LogP contribution in [0.15, 0.2) is 33.4 Å². The normalized spacial score (nSPS) is 15.6. The van der Waals surface area contributed by atoms with E-state index >= 15 is 0 Å². The minimum absolute atomic E-state index is 0.119. The Morgan fingerprint density at radius 1 is 1.23 bits per heavy atom. The predicted octanol–water partition coefficient (Wildman–Crippen LogP) is 2.60. The van der Waals surface area contributed by atoms with Gasteiger partial charge in [-0.1, -0.05) is 11.3 Å². The Hall–Kier alpha value is -2.41. The summed E-state index contributed by atoms with van der Waals surface area (Å²) in [6.07, 6.45) is 1.63. The Labute approximate surface area is 186 Å². The third-order valence-electron chi connectivity index (χ3n) is 5.43. The number of rotatable bonds is 6. The Kier molecular flexibility index (Phi) is 4.66. The van der Waals surface area contributed by atoms with Gasteiger partial charge >= 0.3 is 5.69 Å². The lowest BCUT2D eigenvalue weighted by molar-refractivity contribution is 0.558. The predicted molar refractivity (Wildman–Crippen MR) is 120 cm³/mol. The molecule has 1 N–H and O–H groups in total. The molecule has 0 saturated heterocycles. The van der Waals surface area contributed by atoms with Gasteiger partial charge in [0, 0.05) is 10.4 Å². The van der Waals surface area contributed by atoms with Crippen LogP contribution in [0, 0.1) is 13.8 Å². The van der Waals surface area contributed by atoms with Crippen LogP contribution < -0.4 is 10.4 Å². The van der Waals surface area contributed by atoms with Gasteiger partial charge in [0.15, 0.2) is 0 Å². The molecule has 1 aliphatic rings. The highest BCUT2D eigenvalue weighted by atomic mass is 32.2. The van der Waals surface area contributed by atoms with Gasteiger partial charge in [0.2, 0.25) is 15.2 Å². The third kappa shape index (κ3) is 3.63. The Morgan fingerprint density at radius 3 is 2.61 bits per heavy atom. The summed E-state index contributed by atoms with van der Waals surface area (Å²) in [5, 5.41) is 9.21. The number of fused-ring (bicyclic) bond motifs is 1. The number of thiazole rings is 1. The molecule has 0 unspecified atom stereocenters. The van der Waals surface area contributed by atoms with Crippen molar-refractivity contribution < 1.29 is 8.42 Å². The summed E-state index contributed by atoms with van der Waals surface area (Å²) in [7, 11) is -3.71. The first kappa shape index (κ1) is 20.5. The molecule has 5 rings (SSSR count). The number of imidazole rings is 1. The number of aryl methyl sites for hydroxylation is 2. The summed E-state index contributed by atoms with van der Waals surface area (Å²) in [6, 6.07) is 4.76. The van der Waals surface area contributed by atoms with E-state index in [-0.39, 0.29) is 16.1 Å². The molecule has 1 fully saturated rings. The highest BCUT2D eigenvalue weighted by molar-refractivity contribution is 7.89. The molecule has 12 heteroatoms. The van der Waals surface area contributed by atoms with Crippen LogP contribution in [0.25, 0.3) is 16.2 Å². The van der Waals surface area contributed by atoms with Crippen LogP contribution in [0.2, 0.25) is 0 Å². The van der Waals surface area contributed by atoms with Crippen LogP contribution in [-0.2, 0) is 16.6 Å². The van der Waals surface area contributed by atoms with E-state index < -0.39 is 10.0 Å². The summed E-state index contributed by atoms with van der Waals surface area (Å²) in [5.41, 5.74) is 2.84. The van der Waals surface area contributed by atoms with Crippen molar-refractivity contribution in [3.8, 4) is 5.13 Å². The van der Waals surface area contributed by atoms with Gasteiger partial charge in [-0.25, -0.2) is 27.5 Å². The number of nitrogens with one attached hydrogen (secondary N) is 1. The van der Waals surface area contributed by atoms with Gasteiger partial charge in [-0.3, -0.25) is 4.57 Å². The van der Waals surface area contributed by atoms with E-state index in [2.05, 4.69) is 19.9 Å². The Morgan fingerprint density at radius 2 is 2.00 bits per heavy atom. The lowest BCUT2D eigenvalue weighted by Crippen LogP contribution is -2.34. The van der Waals surface area contributed by atoms with E-state index in [1.54, 1.807) is 28.0 Å². The Balaban J connectivity index is 1.69. The second kappa shape index (κ2) is 7.05. The van der Waals surface area contributed by atoms with Crippen molar-refractivity contribution in [3.63, 3.8) is 0 Å². The maximum absolute atomic E-state index is 13.4. The topological polar surface area (TPSA) is 112 Å². The zero-order chi connectivity index (χ0) is 22.0. The first-order valence-electron chi connectivity index (χ1n) is 9.66. The zero-order valence-corrected chi connectivity index (χ0v) is 19.6. The SMILES string of the molecule is Cc1nc(C)c(Cn2c(=O)n(-c3nncs3)c3cc(S(=O)(=O)NC4(C)CC4)ccc32)s1. The van der Waals surface area contributed by atoms with Gasteiger partial charge < -0.3 is 0 Å². The van der Waals surface area contributed by atoms with E-state index in [1.165, 1.54) is 27.5 Å². The van der Waals surface area contributed by atoms with Gasteiger partial charge in [0.1, 0.15) is 5.51 Å². The number of sulfonamides is 1. The minimum atomic E-state index is -3.71. The summed E-state index contributed by atoms with van der Waals surface area (Å²) >= 11 is 2.76. The van der Waals surface area contributed by atoms with Crippen LogP contribution in [-0.4, -0.2) is 38.3 Å². The largest absolute Gasteiger partial charge is 0.335 e. The molecule has 0 bridgehead atoms. The number of nitrogens with zero attached hydrogens (tertiary/aromatic N) is 5. The molecule has 9 nitrogen and oxygen atoms in total. The number of hydrogen-bond donors (Lipinski definition) is 1. The molecule has 1 saturated carbocycles. The highest BCUT2D eigenvalue weighted by Crippen LogP contribution is 2.36. The summed E-state index contributed by atoms with van der Waals surface area (Å²) in [4.78, 5) is 18.9. The standard InChI is InChI=1S/C19H20N6O3S3/c1-11-16(30-12(2)21-11)9-24-14-5-4-13(31(27,28)23-19(3)6-7-19)8-15(14)25(18(24)26)17-22-20-10-29-17/h4-5,8,10,23H,6-7,9H2,1-3H3. The molecular weight excluding hydrogens is 456 g/mol. The van der Waals surface area contributed by atoms with Crippen LogP contribution in [0.4, 0.5) is 0 Å². The number of benzene rings is 1. The Bertz CT molecular complexity index is 1460. The second-order valence-corrected chi connectivity index (χ2v) is 11.8. The van der Waals surface area contributed by atoms with Crippen molar-refractivity contribution in [2.45, 2.75) is 50.6 Å². The highest BCUT2D eigenvalue weighted by Gasteiger charge is 2.41. The second-order valence-electron chi connectivity index (χ2n) is 7.98. The van der Waals surface area contributed by atoms with Crippen LogP contribution in [0.3, 0.4) is 0 Å². The van der Waals surface area contributed by atoms with E-state index in [1.807, 2.05) is 20.8 Å². The van der Waals surface area contributed by atoms with E-state index in [0.29, 0.717) is 22.7 Å². The quantitative estimate of drug-likeness (QED) is 0.458. The summed E-state index contributed by atoms with van der Waals surface area (Å²) in [6.45, 7) is 6.08. The average Bonchev–Trinajstić information content (AvgIpc) is 3.05. The molecule has 1 aliphatic carbocycles.